The lowest BCUT2D eigenvalue weighted by Gasteiger charge is -2.17. The summed E-state index contributed by atoms with van der Waals surface area (Å²) in [6.07, 6.45) is 2.08. The topological polar surface area (TPSA) is 44.4 Å². The van der Waals surface area contributed by atoms with Crippen LogP contribution in [0.1, 0.15) is 18.4 Å². The molecule has 0 bridgehead atoms. The maximum atomic E-state index is 12.9. The Morgan fingerprint density at radius 2 is 1.90 bits per heavy atom. The van der Waals surface area contributed by atoms with Crippen molar-refractivity contribution in [3.8, 4) is 0 Å². The van der Waals surface area contributed by atoms with Crippen molar-refractivity contribution in [3.63, 3.8) is 0 Å². The zero-order valence-electron chi connectivity index (χ0n) is 12.1. The number of rotatable bonds is 6. The van der Waals surface area contributed by atoms with E-state index in [0.29, 0.717) is 13.1 Å². The highest BCUT2D eigenvalue weighted by Crippen LogP contribution is 2.47. The Labute approximate surface area is 119 Å². The normalized spacial score (nSPS) is 16.0. The average Bonchev–Trinajstić information content (AvgIpc) is 3.18. The molecule has 0 unspecified atom stereocenters. The highest BCUT2D eigenvalue weighted by Gasteiger charge is 2.44. The number of nitrogens with one attached hydrogen (secondary N) is 2. The summed E-state index contributed by atoms with van der Waals surface area (Å²) in [4.78, 5) is 13.7. The van der Waals surface area contributed by atoms with Crippen molar-refractivity contribution in [2.24, 2.45) is 0 Å². The molecule has 0 atom stereocenters. The van der Waals surface area contributed by atoms with Crippen LogP contribution in [-0.2, 0) is 5.41 Å². The van der Waals surface area contributed by atoms with Crippen LogP contribution in [0.25, 0.3) is 0 Å². The Balaban J connectivity index is 1.78. The standard InChI is InChI=1S/C15H22FN3O/c1-19(2)10-9-17-14(20)18-11-15(7-8-15)12-3-5-13(16)6-4-12/h3-6H,7-11H2,1-2H3,(H2,17,18,20). The third-order valence-corrected chi connectivity index (χ3v) is 3.74. The van der Waals surface area contributed by atoms with Gasteiger partial charge >= 0.3 is 6.03 Å². The zero-order chi connectivity index (χ0) is 14.6. The molecular formula is C15H22FN3O. The number of carbonyl (C=O) groups excluding carboxylic acids is 1. The minimum Gasteiger partial charge on any atom is -0.337 e. The third-order valence-electron chi connectivity index (χ3n) is 3.74. The van der Waals surface area contributed by atoms with Gasteiger partial charge in [-0.05, 0) is 44.6 Å². The van der Waals surface area contributed by atoms with Gasteiger partial charge in [0.2, 0.25) is 0 Å². The molecule has 4 nitrogen and oxygen atoms in total. The van der Waals surface area contributed by atoms with E-state index in [1.807, 2.05) is 31.1 Å². The number of halogens is 1. The van der Waals surface area contributed by atoms with E-state index < -0.39 is 0 Å². The van der Waals surface area contributed by atoms with Crippen molar-refractivity contribution in [1.29, 1.82) is 0 Å². The highest BCUT2D eigenvalue weighted by molar-refractivity contribution is 5.74. The quantitative estimate of drug-likeness (QED) is 0.833. The van der Waals surface area contributed by atoms with Crippen molar-refractivity contribution in [2.45, 2.75) is 18.3 Å². The second kappa shape index (κ2) is 6.22. The SMILES string of the molecule is CN(C)CCNC(=O)NCC1(c2ccc(F)cc2)CC1. The Kier molecular flexibility index (Phi) is 4.60. The monoisotopic (exact) mass is 279 g/mol. The summed E-state index contributed by atoms with van der Waals surface area (Å²) in [6.45, 7) is 2.05. The van der Waals surface area contributed by atoms with Crippen LogP contribution in [0.2, 0.25) is 0 Å². The summed E-state index contributed by atoms with van der Waals surface area (Å²) in [6, 6.07) is 6.45. The van der Waals surface area contributed by atoms with Gasteiger partial charge in [-0.1, -0.05) is 12.1 Å². The van der Waals surface area contributed by atoms with Crippen molar-refractivity contribution >= 4 is 6.03 Å². The average molecular weight is 279 g/mol. The smallest absolute Gasteiger partial charge is 0.314 e. The number of likely N-dealkylation sites (N-methyl/N-ethyl adjacent to an activating group) is 1. The molecule has 1 aliphatic carbocycles. The lowest BCUT2D eigenvalue weighted by Crippen LogP contribution is -2.42. The molecule has 110 valence electrons. The fraction of sp³-hybridized carbons (Fsp3) is 0.533. The molecule has 0 spiro atoms. The molecule has 2 rings (SSSR count). The van der Waals surface area contributed by atoms with Gasteiger partial charge in [0.25, 0.3) is 0 Å². The molecule has 2 N–H and O–H groups in total. The van der Waals surface area contributed by atoms with Gasteiger partial charge in [-0.15, -0.1) is 0 Å². The predicted octanol–water partition coefficient (Wildman–Crippen LogP) is 1.72. The predicted molar refractivity (Wildman–Crippen MR) is 77.3 cm³/mol. The van der Waals surface area contributed by atoms with Gasteiger partial charge in [0.1, 0.15) is 5.82 Å². The molecule has 1 aliphatic rings. The van der Waals surface area contributed by atoms with E-state index in [9.17, 15) is 9.18 Å². The minimum atomic E-state index is -0.223. The molecular weight excluding hydrogens is 257 g/mol. The molecule has 1 aromatic carbocycles. The molecule has 0 saturated heterocycles. The number of urea groups is 1. The molecule has 1 saturated carbocycles. The van der Waals surface area contributed by atoms with Crippen LogP contribution in [0.15, 0.2) is 24.3 Å². The minimum absolute atomic E-state index is 0.00654. The van der Waals surface area contributed by atoms with Gasteiger partial charge in [0.15, 0.2) is 0 Å². The summed E-state index contributed by atoms with van der Waals surface area (Å²) < 4.78 is 12.9. The Morgan fingerprint density at radius 3 is 2.45 bits per heavy atom. The van der Waals surface area contributed by atoms with Crippen LogP contribution < -0.4 is 10.6 Å². The molecule has 2 amide bonds. The van der Waals surface area contributed by atoms with Crippen LogP contribution >= 0.6 is 0 Å². The number of carbonyl (C=O) groups is 1. The second-order valence-electron chi connectivity index (χ2n) is 5.70. The van der Waals surface area contributed by atoms with Crippen molar-refractivity contribution in [1.82, 2.24) is 15.5 Å². The highest BCUT2D eigenvalue weighted by atomic mass is 19.1. The first-order chi connectivity index (χ1) is 9.52. The number of nitrogens with zero attached hydrogens (tertiary/aromatic N) is 1. The summed E-state index contributed by atoms with van der Waals surface area (Å²) in [7, 11) is 3.93. The number of benzene rings is 1. The maximum absolute atomic E-state index is 12.9. The number of amides is 2. The molecule has 20 heavy (non-hydrogen) atoms. The van der Waals surface area contributed by atoms with Gasteiger partial charge in [0, 0.05) is 25.0 Å². The maximum Gasteiger partial charge on any atom is 0.314 e. The first-order valence-electron chi connectivity index (χ1n) is 6.94. The van der Waals surface area contributed by atoms with Gasteiger partial charge in [-0.3, -0.25) is 0 Å². The van der Waals surface area contributed by atoms with Crippen molar-refractivity contribution in [3.05, 3.63) is 35.6 Å². The Morgan fingerprint density at radius 1 is 1.25 bits per heavy atom. The molecule has 1 aromatic rings. The molecule has 0 heterocycles. The van der Waals surface area contributed by atoms with Crippen LogP contribution in [-0.4, -0.2) is 44.7 Å². The first kappa shape index (κ1) is 14.8. The van der Waals surface area contributed by atoms with Crippen LogP contribution in [0.3, 0.4) is 0 Å². The van der Waals surface area contributed by atoms with Crippen molar-refractivity contribution < 1.29 is 9.18 Å². The van der Waals surface area contributed by atoms with Gasteiger partial charge in [-0.2, -0.15) is 0 Å². The Hall–Kier alpha value is -1.62. The van der Waals surface area contributed by atoms with Crippen LogP contribution in [0, 0.1) is 5.82 Å². The van der Waals surface area contributed by atoms with E-state index in [2.05, 4.69) is 10.6 Å². The molecule has 1 fully saturated rings. The van der Waals surface area contributed by atoms with Gasteiger partial charge in [-0.25, -0.2) is 9.18 Å². The fourth-order valence-corrected chi connectivity index (χ4v) is 2.23. The number of hydrogen-bond acceptors (Lipinski definition) is 2. The van der Waals surface area contributed by atoms with Gasteiger partial charge in [0.05, 0.1) is 0 Å². The Bertz CT molecular complexity index is 455. The van der Waals surface area contributed by atoms with Gasteiger partial charge < -0.3 is 15.5 Å². The summed E-state index contributed by atoms with van der Waals surface area (Å²) in [5.41, 5.74) is 1.11. The molecule has 5 heteroatoms. The lowest BCUT2D eigenvalue weighted by atomic mass is 9.96. The summed E-state index contributed by atoms with van der Waals surface area (Å²) in [5, 5.41) is 5.73. The second-order valence-corrected chi connectivity index (χ2v) is 5.70. The summed E-state index contributed by atoms with van der Waals surface area (Å²) >= 11 is 0. The largest absolute Gasteiger partial charge is 0.337 e. The van der Waals surface area contributed by atoms with E-state index >= 15 is 0 Å². The third kappa shape index (κ3) is 3.93. The lowest BCUT2D eigenvalue weighted by molar-refractivity contribution is 0.238. The molecule has 0 radical (unpaired) electrons. The van der Waals surface area contributed by atoms with E-state index in [1.165, 1.54) is 12.1 Å². The zero-order valence-corrected chi connectivity index (χ0v) is 12.1. The van der Waals surface area contributed by atoms with Crippen molar-refractivity contribution in [2.75, 3.05) is 33.7 Å². The van der Waals surface area contributed by atoms with E-state index in [4.69, 9.17) is 0 Å². The van der Waals surface area contributed by atoms with E-state index in [0.717, 1.165) is 24.9 Å². The van der Waals surface area contributed by atoms with Crippen LogP contribution in [0.4, 0.5) is 9.18 Å². The van der Waals surface area contributed by atoms with E-state index in [1.54, 1.807) is 0 Å². The molecule has 0 aliphatic heterocycles. The van der Waals surface area contributed by atoms with Crippen LogP contribution in [0.5, 0.6) is 0 Å². The van der Waals surface area contributed by atoms with E-state index in [-0.39, 0.29) is 17.3 Å². The summed E-state index contributed by atoms with van der Waals surface area (Å²) in [5.74, 6) is -0.223. The molecule has 0 aromatic heterocycles. The first-order valence-corrected chi connectivity index (χ1v) is 6.94. The number of hydrogen-bond donors (Lipinski definition) is 2. The fourth-order valence-electron chi connectivity index (χ4n) is 2.23.